The lowest BCUT2D eigenvalue weighted by Crippen LogP contribution is -2.15. The third kappa shape index (κ3) is 3.52. The molecule has 2 aliphatic heterocycles. The van der Waals surface area contributed by atoms with Gasteiger partial charge in [0.25, 0.3) is 0 Å². The van der Waals surface area contributed by atoms with Gasteiger partial charge in [-0.3, -0.25) is 0 Å². The fourth-order valence-corrected chi connectivity index (χ4v) is 4.49. The van der Waals surface area contributed by atoms with Gasteiger partial charge in [0.15, 0.2) is 11.5 Å². The Bertz CT molecular complexity index is 850. The van der Waals surface area contributed by atoms with Crippen LogP contribution in [0.2, 0.25) is 0 Å². The van der Waals surface area contributed by atoms with E-state index in [0.717, 1.165) is 22.6 Å². The minimum atomic E-state index is -0.110. The van der Waals surface area contributed by atoms with E-state index in [0.29, 0.717) is 30.5 Å². The summed E-state index contributed by atoms with van der Waals surface area (Å²) in [6, 6.07) is 9.77. The molecule has 0 spiro atoms. The third-order valence-corrected chi connectivity index (χ3v) is 5.98. The SMILES string of the molecule is COc1cc(OC)cc([C@H]2OC[C@H]3[C@@H]2CO[C@@H]3c2cc(OC)c(OC)c(OC)c2)c1. The quantitative estimate of drug-likeness (QED) is 0.680. The summed E-state index contributed by atoms with van der Waals surface area (Å²) < 4.78 is 39.8. The number of fused-ring (bicyclic) bond motifs is 1. The lowest BCUT2D eigenvalue weighted by Gasteiger charge is -2.20. The van der Waals surface area contributed by atoms with E-state index in [2.05, 4.69) is 0 Å². The molecule has 2 aromatic rings. The van der Waals surface area contributed by atoms with Gasteiger partial charge in [-0.05, 0) is 35.4 Å². The van der Waals surface area contributed by atoms with Crippen molar-refractivity contribution in [3.05, 3.63) is 41.5 Å². The first-order valence-corrected chi connectivity index (χ1v) is 9.89. The molecule has 0 aliphatic carbocycles. The zero-order chi connectivity index (χ0) is 21.3. The molecule has 7 nitrogen and oxygen atoms in total. The molecule has 2 aromatic carbocycles. The molecule has 0 aromatic heterocycles. The zero-order valence-corrected chi connectivity index (χ0v) is 18.0. The maximum atomic E-state index is 6.25. The van der Waals surface area contributed by atoms with Crippen LogP contribution in [0.4, 0.5) is 0 Å². The molecule has 2 saturated heterocycles. The first-order valence-electron chi connectivity index (χ1n) is 9.89. The van der Waals surface area contributed by atoms with Gasteiger partial charge in [-0.15, -0.1) is 0 Å². The second-order valence-electron chi connectivity index (χ2n) is 7.44. The summed E-state index contributed by atoms with van der Waals surface area (Å²) in [5.74, 6) is 3.75. The minimum absolute atomic E-state index is 0.0777. The molecule has 7 heteroatoms. The molecular weight excluding hydrogens is 388 g/mol. The summed E-state index contributed by atoms with van der Waals surface area (Å²) in [6.45, 7) is 1.21. The van der Waals surface area contributed by atoms with Crippen LogP contribution in [0.15, 0.2) is 30.3 Å². The van der Waals surface area contributed by atoms with Crippen LogP contribution in [0.5, 0.6) is 28.7 Å². The van der Waals surface area contributed by atoms with Gasteiger partial charge in [-0.1, -0.05) is 0 Å². The van der Waals surface area contributed by atoms with E-state index in [-0.39, 0.29) is 24.0 Å². The Balaban J connectivity index is 1.62. The van der Waals surface area contributed by atoms with Gasteiger partial charge >= 0.3 is 0 Å². The maximum Gasteiger partial charge on any atom is 0.203 e. The van der Waals surface area contributed by atoms with Crippen molar-refractivity contribution in [3.8, 4) is 28.7 Å². The first-order chi connectivity index (χ1) is 14.6. The maximum absolute atomic E-state index is 6.25. The Hall–Kier alpha value is -2.64. The largest absolute Gasteiger partial charge is 0.497 e. The van der Waals surface area contributed by atoms with Crippen molar-refractivity contribution in [2.45, 2.75) is 12.2 Å². The van der Waals surface area contributed by atoms with Crippen LogP contribution in [0.3, 0.4) is 0 Å². The lowest BCUT2D eigenvalue weighted by molar-refractivity contribution is 0.0190. The summed E-state index contributed by atoms with van der Waals surface area (Å²) >= 11 is 0. The fourth-order valence-electron chi connectivity index (χ4n) is 4.49. The number of ether oxygens (including phenoxy) is 7. The molecule has 4 atom stereocenters. The normalized spacial score (nSPS) is 25.0. The molecule has 0 saturated carbocycles. The molecular formula is C23H28O7. The summed E-state index contributed by atoms with van der Waals surface area (Å²) in [4.78, 5) is 0. The second-order valence-corrected chi connectivity index (χ2v) is 7.44. The molecule has 0 unspecified atom stereocenters. The molecule has 162 valence electrons. The highest BCUT2D eigenvalue weighted by molar-refractivity contribution is 5.54. The third-order valence-electron chi connectivity index (χ3n) is 5.98. The molecule has 4 rings (SSSR count). The summed E-state index contributed by atoms with van der Waals surface area (Å²) in [5, 5.41) is 0. The van der Waals surface area contributed by atoms with Gasteiger partial charge in [0.2, 0.25) is 5.75 Å². The Morgan fingerprint density at radius 2 is 1.07 bits per heavy atom. The first kappa shape index (κ1) is 20.6. The number of hydrogen-bond acceptors (Lipinski definition) is 7. The average Bonchev–Trinajstić information content (AvgIpc) is 3.39. The van der Waals surface area contributed by atoms with E-state index in [1.807, 2.05) is 30.3 Å². The highest BCUT2D eigenvalue weighted by Crippen LogP contribution is 2.52. The molecule has 0 radical (unpaired) electrons. The minimum Gasteiger partial charge on any atom is -0.497 e. The van der Waals surface area contributed by atoms with Crippen LogP contribution in [-0.2, 0) is 9.47 Å². The van der Waals surface area contributed by atoms with Gasteiger partial charge in [0.1, 0.15) is 11.5 Å². The molecule has 2 fully saturated rings. The van der Waals surface area contributed by atoms with Crippen LogP contribution in [-0.4, -0.2) is 48.8 Å². The standard InChI is InChI=1S/C23H28O7/c1-24-15-6-13(7-16(10-15)25-2)21-17-11-30-22(18(17)12-29-21)14-8-19(26-3)23(28-5)20(9-14)27-4/h6-10,17-18,21-22H,11-12H2,1-5H3/t17-,18-,21+,22+/m0/s1. The topological polar surface area (TPSA) is 64.6 Å². The van der Waals surface area contributed by atoms with Gasteiger partial charge < -0.3 is 33.2 Å². The predicted molar refractivity (Wildman–Crippen MR) is 110 cm³/mol. The van der Waals surface area contributed by atoms with Crippen molar-refractivity contribution in [3.63, 3.8) is 0 Å². The van der Waals surface area contributed by atoms with Crippen LogP contribution >= 0.6 is 0 Å². The second kappa shape index (κ2) is 8.62. The highest BCUT2D eigenvalue weighted by Gasteiger charge is 2.48. The van der Waals surface area contributed by atoms with E-state index in [1.54, 1.807) is 35.5 Å². The smallest absolute Gasteiger partial charge is 0.203 e. The molecule has 0 N–H and O–H groups in total. The van der Waals surface area contributed by atoms with E-state index in [1.165, 1.54) is 0 Å². The Kier molecular flexibility index (Phi) is 5.92. The molecule has 0 amide bonds. The van der Waals surface area contributed by atoms with Gasteiger partial charge in [-0.2, -0.15) is 0 Å². The zero-order valence-electron chi connectivity index (χ0n) is 18.0. The highest BCUT2D eigenvalue weighted by atomic mass is 16.5. The summed E-state index contributed by atoms with van der Waals surface area (Å²) in [5.41, 5.74) is 2.03. The number of rotatable bonds is 7. The predicted octanol–water partition coefficient (Wildman–Crippen LogP) is 3.80. The van der Waals surface area contributed by atoms with Crippen LogP contribution in [0.25, 0.3) is 0 Å². The molecule has 2 aliphatic rings. The Morgan fingerprint density at radius 3 is 1.47 bits per heavy atom. The Labute approximate surface area is 176 Å². The van der Waals surface area contributed by atoms with Gasteiger partial charge in [-0.25, -0.2) is 0 Å². The molecule has 2 heterocycles. The molecule has 0 bridgehead atoms. The van der Waals surface area contributed by atoms with Crippen molar-refractivity contribution in [2.75, 3.05) is 48.8 Å². The number of hydrogen-bond donors (Lipinski definition) is 0. The van der Waals surface area contributed by atoms with Crippen molar-refractivity contribution in [1.82, 2.24) is 0 Å². The summed E-state index contributed by atoms with van der Waals surface area (Å²) in [6.07, 6.45) is -0.188. The number of methoxy groups -OCH3 is 5. The van der Waals surface area contributed by atoms with Crippen molar-refractivity contribution >= 4 is 0 Å². The van der Waals surface area contributed by atoms with E-state index < -0.39 is 0 Å². The monoisotopic (exact) mass is 416 g/mol. The fraction of sp³-hybridized carbons (Fsp3) is 0.478. The van der Waals surface area contributed by atoms with E-state index in [9.17, 15) is 0 Å². The average molecular weight is 416 g/mol. The van der Waals surface area contributed by atoms with Crippen LogP contribution in [0.1, 0.15) is 23.3 Å². The lowest BCUT2D eigenvalue weighted by atomic mass is 9.84. The van der Waals surface area contributed by atoms with Gasteiger partial charge in [0.05, 0.1) is 61.0 Å². The number of benzene rings is 2. The van der Waals surface area contributed by atoms with Crippen molar-refractivity contribution < 1.29 is 33.2 Å². The Morgan fingerprint density at radius 1 is 0.600 bits per heavy atom. The summed E-state index contributed by atoms with van der Waals surface area (Å²) in [7, 11) is 8.13. The van der Waals surface area contributed by atoms with E-state index in [4.69, 9.17) is 33.2 Å². The molecule has 30 heavy (non-hydrogen) atoms. The van der Waals surface area contributed by atoms with Crippen LogP contribution < -0.4 is 23.7 Å². The van der Waals surface area contributed by atoms with Gasteiger partial charge in [0, 0.05) is 17.9 Å². The van der Waals surface area contributed by atoms with Crippen LogP contribution in [0, 0.1) is 11.8 Å². The van der Waals surface area contributed by atoms with Crippen molar-refractivity contribution in [1.29, 1.82) is 0 Å². The van der Waals surface area contributed by atoms with Crippen molar-refractivity contribution in [2.24, 2.45) is 11.8 Å². The van der Waals surface area contributed by atoms with E-state index >= 15 is 0 Å².